The summed E-state index contributed by atoms with van der Waals surface area (Å²) in [7, 11) is 0. The number of terminal acetylenes is 1. The first kappa shape index (κ1) is 35.7. The molecule has 0 amide bonds. The number of unbranched alkanes of at least 4 members (excludes halogenated alkanes) is 2. The molecule has 0 aliphatic carbocycles. The standard InChI is InChI=1S/C46H36N6O4/c1-3-14-32-20-22-38-36(26-32)42(34-17-10-6-11-18-34)48-28-40-44(50-30-52(38)40)46(54)56-24-13-7-12-23-55-45(53)43-39-27-47-41(33-15-8-5-9-16-33)35-25-31(4-2)19-21-37(35)51(39)29-49-43/h2,5-6,8-11,15-22,25-26,29-30H,7,12-13,23-24,27-28H2,1H3. The van der Waals surface area contributed by atoms with Crippen molar-refractivity contribution >= 4 is 23.4 Å². The summed E-state index contributed by atoms with van der Waals surface area (Å²) in [6.45, 7) is 2.69. The second kappa shape index (κ2) is 16.0. The highest BCUT2D eigenvalue weighted by atomic mass is 16.5. The minimum atomic E-state index is -0.514. The van der Waals surface area contributed by atoms with Crippen molar-refractivity contribution in [1.82, 2.24) is 19.1 Å². The Balaban J connectivity index is 0.878. The van der Waals surface area contributed by atoms with Gasteiger partial charge in [0.2, 0.25) is 0 Å². The summed E-state index contributed by atoms with van der Waals surface area (Å²) >= 11 is 0. The Morgan fingerprint density at radius 1 is 0.661 bits per heavy atom. The zero-order valence-electron chi connectivity index (χ0n) is 30.7. The fourth-order valence-electron chi connectivity index (χ4n) is 7.00. The number of imidazole rings is 2. The third-order valence-electron chi connectivity index (χ3n) is 9.70. The number of benzene rings is 4. The lowest BCUT2D eigenvalue weighted by Crippen LogP contribution is -2.12. The molecule has 2 aliphatic heterocycles. The molecule has 2 aliphatic rings. The number of ether oxygens (including phenoxy) is 2. The fraction of sp³-hybridized carbons (Fsp3) is 0.174. The zero-order valence-corrected chi connectivity index (χ0v) is 30.7. The first-order valence-electron chi connectivity index (χ1n) is 18.4. The van der Waals surface area contributed by atoms with E-state index in [-0.39, 0.29) is 37.7 Å². The molecular weight excluding hydrogens is 701 g/mol. The third-order valence-corrected chi connectivity index (χ3v) is 9.70. The van der Waals surface area contributed by atoms with Gasteiger partial charge < -0.3 is 9.47 Å². The second-order valence-electron chi connectivity index (χ2n) is 13.2. The smallest absolute Gasteiger partial charge is 0.358 e. The van der Waals surface area contributed by atoms with Crippen LogP contribution in [0.4, 0.5) is 0 Å². The monoisotopic (exact) mass is 736 g/mol. The molecule has 6 aromatic rings. The molecule has 56 heavy (non-hydrogen) atoms. The first-order chi connectivity index (χ1) is 27.5. The van der Waals surface area contributed by atoms with E-state index in [2.05, 4.69) is 27.7 Å². The average Bonchev–Trinajstić information content (AvgIpc) is 3.77. The summed E-state index contributed by atoms with van der Waals surface area (Å²) in [6.07, 6.45) is 10.9. The number of hydrogen-bond acceptors (Lipinski definition) is 8. The molecule has 4 heterocycles. The van der Waals surface area contributed by atoms with Crippen LogP contribution in [-0.4, -0.2) is 55.7 Å². The normalized spacial score (nSPS) is 12.4. The Bertz CT molecular complexity index is 2630. The molecule has 0 saturated heterocycles. The van der Waals surface area contributed by atoms with E-state index in [1.165, 1.54) is 0 Å². The topological polar surface area (TPSA) is 113 Å². The van der Waals surface area contributed by atoms with E-state index in [4.69, 9.17) is 25.9 Å². The Morgan fingerprint density at radius 2 is 1.14 bits per heavy atom. The molecular formula is C46H36N6O4. The fourth-order valence-corrected chi connectivity index (χ4v) is 7.00. The minimum absolute atomic E-state index is 0.195. The molecule has 0 radical (unpaired) electrons. The van der Waals surface area contributed by atoms with Gasteiger partial charge >= 0.3 is 11.9 Å². The van der Waals surface area contributed by atoms with E-state index >= 15 is 0 Å². The molecule has 0 bridgehead atoms. The largest absolute Gasteiger partial charge is 0.461 e. The van der Waals surface area contributed by atoms with E-state index in [0.717, 1.165) is 56.2 Å². The van der Waals surface area contributed by atoms with Crippen LogP contribution in [0.25, 0.3) is 11.4 Å². The maximum absolute atomic E-state index is 13.3. The van der Waals surface area contributed by atoms with E-state index in [9.17, 15) is 9.59 Å². The molecule has 10 nitrogen and oxygen atoms in total. The number of nitrogens with zero attached hydrogens (tertiary/aromatic N) is 6. The van der Waals surface area contributed by atoms with Crippen molar-refractivity contribution in [2.45, 2.75) is 39.3 Å². The highest BCUT2D eigenvalue weighted by Gasteiger charge is 2.27. The number of rotatable bonds is 10. The molecule has 10 heteroatoms. The molecule has 0 N–H and O–H groups in total. The van der Waals surface area contributed by atoms with E-state index < -0.39 is 11.9 Å². The van der Waals surface area contributed by atoms with Crippen LogP contribution < -0.4 is 0 Å². The van der Waals surface area contributed by atoms with Crippen molar-refractivity contribution in [3.05, 3.63) is 166 Å². The predicted molar refractivity (Wildman–Crippen MR) is 214 cm³/mol. The van der Waals surface area contributed by atoms with Gasteiger partial charge in [-0.15, -0.1) is 12.3 Å². The Morgan fingerprint density at radius 3 is 1.62 bits per heavy atom. The van der Waals surface area contributed by atoms with Crippen LogP contribution in [0.1, 0.15) is 91.9 Å². The van der Waals surface area contributed by atoms with Crippen LogP contribution in [0, 0.1) is 24.2 Å². The summed E-state index contributed by atoms with van der Waals surface area (Å²) in [5.41, 5.74) is 10.4. The van der Waals surface area contributed by atoms with Crippen molar-refractivity contribution in [2.75, 3.05) is 13.2 Å². The SMILES string of the molecule is C#Cc1ccc2c(c1)C(c1ccccc1)=NCc1c(C(=O)OCCCCCOC(=O)c3ncn4c3CN=C(c3ccccc3)c3cc(C#CC)ccc3-4)ncn1-2. The highest BCUT2D eigenvalue weighted by molar-refractivity contribution is 6.16. The van der Waals surface area contributed by atoms with Gasteiger partial charge in [0, 0.05) is 33.4 Å². The number of aromatic nitrogens is 4. The highest BCUT2D eigenvalue weighted by Crippen LogP contribution is 2.30. The third kappa shape index (κ3) is 7.04. The summed E-state index contributed by atoms with van der Waals surface area (Å²) in [5.74, 6) is 7.79. The summed E-state index contributed by atoms with van der Waals surface area (Å²) < 4.78 is 15.1. The van der Waals surface area contributed by atoms with E-state index in [1.807, 2.05) is 113 Å². The van der Waals surface area contributed by atoms with Gasteiger partial charge in [-0.2, -0.15) is 0 Å². The van der Waals surface area contributed by atoms with Gasteiger partial charge in [0.15, 0.2) is 11.4 Å². The average molecular weight is 737 g/mol. The summed E-state index contributed by atoms with van der Waals surface area (Å²) in [5, 5.41) is 0. The Labute approximate surface area is 324 Å². The number of carbonyl (C=O) groups excluding carboxylic acids is 2. The molecule has 8 rings (SSSR count). The van der Waals surface area contributed by atoms with Gasteiger partial charge in [-0.3, -0.25) is 19.1 Å². The maximum Gasteiger partial charge on any atom is 0.358 e. The van der Waals surface area contributed by atoms with Crippen LogP contribution in [0.15, 0.2) is 120 Å². The second-order valence-corrected chi connectivity index (χ2v) is 13.2. The molecule has 2 aromatic heterocycles. The van der Waals surface area contributed by atoms with Gasteiger partial charge in [0.05, 0.1) is 60.5 Å². The van der Waals surface area contributed by atoms with Crippen molar-refractivity contribution in [2.24, 2.45) is 9.98 Å². The van der Waals surface area contributed by atoms with Gasteiger partial charge in [-0.1, -0.05) is 72.5 Å². The molecule has 0 spiro atoms. The minimum Gasteiger partial charge on any atom is -0.461 e. The van der Waals surface area contributed by atoms with Crippen molar-refractivity contribution in [3.63, 3.8) is 0 Å². The van der Waals surface area contributed by atoms with Crippen molar-refractivity contribution < 1.29 is 19.1 Å². The van der Waals surface area contributed by atoms with Gasteiger partial charge in [-0.25, -0.2) is 19.6 Å². The Kier molecular flexibility index (Phi) is 10.2. The van der Waals surface area contributed by atoms with Gasteiger partial charge in [0.25, 0.3) is 0 Å². The van der Waals surface area contributed by atoms with Crippen LogP contribution >= 0.6 is 0 Å². The Hall–Kier alpha value is -7.30. The zero-order chi connectivity index (χ0) is 38.4. The van der Waals surface area contributed by atoms with Crippen LogP contribution in [-0.2, 0) is 22.6 Å². The molecule has 274 valence electrons. The number of fused-ring (bicyclic) bond motifs is 6. The first-order valence-corrected chi connectivity index (χ1v) is 18.4. The van der Waals surface area contributed by atoms with Crippen molar-refractivity contribution in [3.8, 4) is 35.6 Å². The quantitative estimate of drug-likeness (QED) is 0.0830. The maximum atomic E-state index is 13.3. The molecule has 0 saturated carbocycles. The van der Waals surface area contributed by atoms with Crippen LogP contribution in [0.2, 0.25) is 0 Å². The van der Waals surface area contributed by atoms with E-state index in [1.54, 1.807) is 12.7 Å². The molecule has 4 aromatic carbocycles. The lowest BCUT2D eigenvalue weighted by molar-refractivity contribution is 0.0470. The number of aliphatic imine (C=N–C) groups is 2. The van der Waals surface area contributed by atoms with Crippen molar-refractivity contribution in [1.29, 1.82) is 0 Å². The summed E-state index contributed by atoms with van der Waals surface area (Å²) in [4.78, 5) is 45.3. The van der Waals surface area contributed by atoms with Crippen LogP contribution in [0.5, 0.6) is 0 Å². The lowest BCUT2D eigenvalue weighted by atomic mass is 9.98. The molecule has 0 fully saturated rings. The molecule has 0 atom stereocenters. The number of hydrogen-bond donors (Lipinski definition) is 0. The lowest BCUT2D eigenvalue weighted by Gasteiger charge is -2.12. The molecule has 0 unspecified atom stereocenters. The number of esters is 2. The number of carbonyl (C=O) groups is 2. The summed E-state index contributed by atoms with van der Waals surface area (Å²) in [6, 6.07) is 31.5. The van der Waals surface area contributed by atoms with Gasteiger partial charge in [0.1, 0.15) is 12.7 Å². The predicted octanol–water partition coefficient (Wildman–Crippen LogP) is 7.30. The van der Waals surface area contributed by atoms with E-state index in [0.29, 0.717) is 30.7 Å². The van der Waals surface area contributed by atoms with Gasteiger partial charge in [-0.05, 0) is 62.6 Å². The van der Waals surface area contributed by atoms with Crippen LogP contribution in [0.3, 0.4) is 0 Å².